The van der Waals surface area contributed by atoms with Crippen molar-refractivity contribution in [3.8, 4) is 11.1 Å². The van der Waals surface area contributed by atoms with Crippen LogP contribution in [0.4, 0.5) is 0 Å². The van der Waals surface area contributed by atoms with Crippen molar-refractivity contribution in [1.29, 1.82) is 0 Å². The minimum atomic E-state index is -0.868. The fourth-order valence-electron chi connectivity index (χ4n) is 3.51. The van der Waals surface area contributed by atoms with Gasteiger partial charge in [0.15, 0.2) is 5.78 Å². The lowest BCUT2D eigenvalue weighted by atomic mass is 9.97. The lowest BCUT2D eigenvalue weighted by Crippen LogP contribution is -2.29. The first-order valence-corrected chi connectivity index (χ1v) is 11.4. The summed E-state index contributed by atoms with van der Waals surface area (Å²) in [6.45, 7) is 6.64. The highest BCUT2D eigenvalue weighted by Gasteiger charge is 2.23. The third-order valence-electron chi connectivity index (χ3n) is 5.42. The number of hydrogen-bond acceptors (Lipinski definition) is 5. The Bertz CT molecular complexity index is 867. The maximum atomic E-state index is 12.2. The lowest BCUT2D eigenvalue weighted by molar-refractivity contribution is -0.194. The monoisotopic (exact) mass is 438 g/mol. The van der Waals surface area contributed by atoms with Crippen molar-refractivity contribution in [3.63, 3.8) is 0 Å². The van der Waals surface area contributed by atoms with Crippen LogP contribution in [0, 0.1) is 5.92 Å². The molecule has 5 heteroatoms. The number of carbonyl (C=O) groups is 3. The van der Waals surface area contributed by atoms with E-state index in [1.165, 1.54) is 13.8 Å². The maximum Gasteiger partial charge on any atom is 0.305 e. The van der Waals surface area contributed by atoms with Crippen LogP contribution in [0.5, 0.6) is 0 Å². The van der Waals surface area contributed by atoms with Crippen molar-refractivity contribution in [2.24, 2.45) is 5.92 Å². The van der Waals surface area contributed by atoms with Crippen molar-refractivity contribution in [3.05, 3.63) is 59.7 Å². The second-order valence-corrected chi connectivity index (χ2v) is 8.26. The van der Waals surface area contributed by atoms with E-state index < -0.39 is 18.2 Å². The molecule has 1 unspecified atom stereocenters. The first-order chi connectivity index (χ1) is 15.3. The molecule has 0 saturated carbocycles. The molecule has 0 heterocycles. The molecule has 5 nitrogen and oxygen atoms in total. The summed E-state index contributed by atoms with van der Waals surface area (Å²) in [4.78, 5) is 34.8. The van der Waals surface area contributed by atoms with E-state index in [1.807, 2.05) is 31.2 Å². The molecule has 0 N–H and O–H groups in total. The Labute approximate surface area is 191 Å². The molecule has 0 aliphatic rings. The second-order valence-electron chi connectivity index (χ2n) is 8.26. The smallest absolute Gasteiger partial charge is 0.305 e. The van der Waals surface area contributed by atoms with Crippen LogP contribution in [0.1, 0.15) is 75.7 Å². The second kappa shape index (κ2) is 12.8. The average molecular weight is 439 g/mol. The highest BCUT2D eigenvalue weighted by Crippen LogP contribution is 2.23. The molecule has 0 saturated heterocycles. The minimum absolute atomic E-state index is 0.120. The number of aryl methyl sites for hydroxylation is 1. The highest BCUT2D eigenvalue weighted by molar-refractivity contribution is 5.96. The molecular formula is C27H34O5. The molecule has 0 aliphatic heterocycles. The molecule has 0 spiro atoms. The van der Waals surface area contributed by atoms with Gasteiger partial charge in [-0.2, -0.15) is 0 Å². The lowest BCUT2D eigenvalue weighted by Gasteiger charge is -2.22. The summed E-state index contributed by atoms with van der Waals surface area (Å²) in [6.07, 6.45) is 4.36. The molecule has 0 aliphatic carbocycles. The maximum absolute atomic E-state index is 12.2. The standard InChI is InChI=1S/C27H34O5/c1-5-6-7-8-26(30)25-17-15-24(16-18-25)23-13-11-22(12-14-23)10-9-19(2)27(31-20(3)28)32-21(4)29/h11-19,27H,5-10H2,1-4H3. The van der Waals surface area contributed by atoms with Crippen LogP contribution in [0.15, 0.2) is 48.5 Å². The van der Waals surface area contributed by atoms with Gasteiger partial charge in [0.2, 0.25) is 6.29 Å². The van der Waals surface area contributed by atoms with Crippen molar-refractivity contribution in [2.75, 3.05) is 0 Å². The number of hydrogen-bond donors (Lipinski definition) is 0. The quantitative estimate of drug-likeness (QED) is 0.172. The van der Waals surface area contributed by atoms with Crippen LogP contribution in [-0.4, -0.2) is 24.0 Å². The molecular weight excluding hydrogens is 404 g/mol. The van der Waals surface area contributed by atoms with Crippen molar-refractivity contribution in [1.82, 2.24) is 0 Å². The first kappa shape index (κ1) is 25.3. The zero-order chi connectivity index (χ0) is 23.5. The molecule has 2 aromatic rings. The summed E-state index contributed by atoms with van der Waals surface area (Å²) in [5.41, 5.74) is 4.07. The Kier molecular flexibility index (Phi) is 10.1. The van der Waals surface area contributed by atoms with Gasteiger partial charge in [-0.3, -0.25) is 14.4 Å². The summed E-state index contributed by atoms with van der Waals surface area (Å²) >= 11 is 0. The number of esters is 2. The van der Waals surface area contributed by atoms with Gasteiger partial charge in [0, 0.05) is 31.7 Å². The number of carbonyl (C=O) groups excluding carboxylic acids is 3. The molecule has 0 radical (unpaired) electrons. The predicted octanol–water partition coefficient (Wildman–Crippen LogP) is 6.14. The highest BCUT2D eigenvalue weighted by atomic mass is 16.7. The van der Waals surface area contributed by atoms with Crippen LogP contribution < -0.4 is 0 Å². The van der Waals surface area contributed by atoms with E-state index in [4.69, 9.17) is 9.47 Å². The Morgan fingerprint density at radius 2 is 1.34 bits per heavy atom. The average Bonchev–Trinajstić information content (AvgIpc) is 2.77. The van der Waals surface area contributed by atoms with E-state index in [-0.39, 0.29) is 11.7 Å². The number of Topliss-reactive ketones (excluding diaryl/α,β-unsaturated/α-hetero) is 1. The molecule has 0 fully saturated rings. The van der Waals surface area contributed by atoms with Crippen LogP contribution >= 0.6 is 0 Å². The first-order valence-electron chi connectivity index (χ1n) is 11.4. The Hall–Kier alpha value is -2.95. The summed E-state index contributed by atoms with van der Waals surface area (Å²) < 4.78 is 10.3. The molecule has 2 aromatic carbocycles. The van der Waals surface area contributed by atoms with Gasteiger partial charge in [-0.25, -0.2) is 0 Å². The SMILES string of the molecule is CCCCCC(=O)c1ccc(-c2ccc(CCC(C)C(OC(C)=O)OC(C)=O)cc2)cc1. The van der Waals surface area contributed by atoms with Gasteiger partial charge in [-0.1, -0.05) is 75.2 Å². The molecule has 0 bridgehead atoms. The fourth-order valence-corrected chi connectivity index (χ4v) is 3.51. The van der Waals surface area contributed by atoms with Crippen LogP contribution in [0.2, 0.25) is 0 Å². The topological polar surface area (TPSA) is 69.7 Å². The number of unbranched alkanes of at least 4 members (excludes halogenated alkanes) is 2. The zero-order valence-corrected chi connectivity index (χ0v) is 19.6. The van der Waals surface area contributed by atoms with Gasteiger partial charge in [-0.05, 0) is 36.0 Å². The summed E-state index contributed by atoms with van der Waals surface area (Å²) in [6, 6.07) is 16.1. The number of rotatable bonds is 12. The molecule has 172 valence electrons. The number of ether oxygens (including phenoxy) is 2. The number of ketones is 1. The normalized spacial score (nSPS) is 11.8. The van der Waals surface area contributed by atoms with E-state index in [2.05, 4.69) is 31.2 Å². The molecule has 0 amide bonds. The molecule has 0 aromatic heterocycles. The van der Waals surface area contributed by atoms with Gasteiger partial charge in [-0.15, -0.1) is 0 Å². The van der Waals surface area contributed by atoms with E-state index in [0.717, 1.165) is 47.9 Å². The largest absolute Gasteiger partial charge is 0.425 e. The van der Waals surface area contributed by atoms with Crippen molar-refractivity contribution >= 4 is 17.7 Å². The molecule has 2 rings (SSSR count). The van der Waals surface area contributed by atoms with Gasteiger partial charge in [0.1, 0.15) is 0 Å². The van der Waals surface area contributed by atoms with Crippen LogP contribution in [-0.2, 0) is 25.5 Å². The molecule has 32 heavy (non-hydrogen) atoms. The summed E-state index contributed by atoms with van der Waals surface area (Å²) in [5.74, 6) is -0.859. The van der Waals surface area contributed by atoms with Gasteiger partial charge in [0.05, 0.1) is 0 Å². The Balaban J connectivity index is 1.94. The van der Waals surface area contributed by atoms with Crippen LogP contribution in [0.3, 0.4) is 0 Å². The van der Waals surface area contributed by atoms with E-state index >= 15 is 0 Å². The van der Waals surface area contributed by atoms with E-state index in [0.29, 0.717) is 12.8 Å². The van der Waals surface area contributed by atoms with Crippen molar-refractivity contribution < 1.29 is 23.9 Å². The predicted molar refractivity (Wildman–Crippen MR) is 125 cm³/mol. The Morgan fingerprint density at radius 3 is 1.84 bits per heavy atom. The summed E-state index contributed by atoms with van der Waals surface area (Å²) in [5, 5.41) is 0. The summed E-state index contributed by atoms with van der Waals surface area (Å²) in [7, 11) is 0. The van der Waals surface area contributed by atoms with Crippen LogP contribution in [0.25, 0.3) is 11.1 Å². The van der Waals surface area contributed by atoms with Gasteiger partial charge < -0.3 is 9.47 Å². The Morgan fingerprint density at radius 1 is 0.812 bits per heavy atom. The van der Waals surface area contributed by atoms with E-state index in [9.17, 15) is 14.4 Å². The third-order valence-corrected chi connectivity index (χ3v) is 5.42. The fraction of sp³-hybridized carbons (Fsp3) is 0.444. The van der Waals surface area contributed by atoms with Gasteiger partial charge in [0.25, 0.3) is 0 Å². The third kappa shape index (κ3) is 8.29. The van der Waals surface area contributed by atoms with Crippen molar-refractivity contribution in [2.45, 2.75) is 72.5 Å². The van der Waals surface area contributed by atoms with E-state index in [1.54, 1.807) is 0 Å². The number of benzene rings is 2. The minimum Gasteiger partial charge on any atom is -0.425 e. The zero-order valence-electron chi connectivity index (χ0n) is 19.6. The van der Waals surface area contributed by atoms with Gasteiger partial charge >= 0.3 is 11.9 Å². The molecule has 1 atom stereocenters.